The Morgan fingerprint density at radius 3 is 2.60 bits per heavy atom. The zero-order chi connectivity index (χ0) is 17.9. The fourth-order valence-electron chi connectivity index (χ4n) is 2.24. The average Bonchev–Trinajstić information content (AvgIpc) is 3.08. The van der Waals surface area contributed by atoms with Crippen molar-refractivity contribution in [3.05, 3.63) is 41.1 Å². The summed E-state index contributed by atoms with van der Waals surface area (Å²) in [6.45, 7) is 3.66. The molecule has 2 N–H and O–H groups in total. The third-order valence-electron chi connectivity index (χ3n) is 3.38. The minimum absolute atomic E-state index is 0. The molecule has 2 rings (SSSR count). The quantitative estimate of drug-likeness (QED) is 0.408. The molecule has 0 saturated heterocycles. The van der Waals surface area contributed by atoms with Crippen molar-refractivity contribution in [1.29, 1.82) is 0 Å². The molecule has 1 atom stereocenters. The SMILES string of the molecule is CN=C(NCc1cn(C)nc1C(F)(F)F)NC(C)c1ccc(C)o1.I. The van der Waals surface area contributed by atoms with Crippen molar-refractivity contribution in [2.45, 2.75) is 32.6 Å². The number of hydrogen-bond donors (Lipinski definition) is 2. The van der Waals surface area contributed by atoms with Gasteiger partial charge < -0.3 is 15.1 Å². The zero-order valence-electron chi connectivity index (χ0n) is 14.3. The maximum Gasteiger partial charge on any atom is 0.435 e. The molecule has 0 radical (unpaired) electrons. The summed E-state index contributed by atoms with van der Waals surface area (Å²) in [6.07, 6.45) is -3.16. The highest BCUT2D eigenvalue weighted by Crippen LogP contribution is 2.30. The number of aryl methyl sites for hydroxylation is 2. The standard InChI is InChI=1S/C15H20F3N5O.HI/c1-9-5-6-12(24-9)10(2)21-14(19-3)20-7-11-8-23(4)22-13(11)15(16,17)18;/h5-6,8,10H,7H2,1-4H3,(H2,19,20,21);1H. The number of guanidine groups is 1. The predicted octanol–water partition coefficient (Wildman–Crippen LogP) is 3.38. The second kappa shape index (κ2) is 8.59. The van der Waals surface area contributed by atoms with Crippen LogP contribution < -0.4 is 10.6 Å². The number of aromatic nitrogens is 2. The zero-order valence-corrected chi connectivity index (χ0v) is 16.6. The Morgan fingerprint density at radius 2 is 2.08 bits per heavy atom. The molecule has 0 amide bonds. The van der Waals surface area contributed by atoms with E-state index in [2.05, 4.69) is 20.7 Å². The minimum atomic E-state index is -4.49. The number of nitrogens with zero attached hydrogens (tertiary/aromatic N) is 3. The van der Waals surface area contributed by atoms with E-state index in [9.17, 15) is 13.2 Å². The van der Waals surface area contributed by atoms with Crippen molar-refractivity contribution in [1.82, 2.24) is 20.4 Å². The van der Waals surface area contributed by atoms with Gasteiger partial charge >= 0.3 is 6.18 Å². The Labute approximate surface area is 160 Å². The number of rotatable bonds is 4. The Kier molecular flexibility index (Phi) is 7.32. The van der Waals surface area contributed by atoms with Gasteiger partial charge in [-0.3, -0.25) is 9.67 Å². The molecule has 140 valence electrons. The van der Waals surface area contributed by atoms with Crippen molar-refractivity contribution in [2.75, 3.05) is 7.05 Å². The first-order valence-electron chi connectivity index (χ1n) is 7.34. The molecule has 6 nitrogen and oxygen atoms in total. The van der Waals surface area contributed by atoms with Gasteiger partial charge in [-0.1, -0.05) is 0 Å². The minimum Gasteiger partial charge on any atom is -0.464 e. The van der Waals surface area contributed by atoms with Gasteiger partial charge in [0.1, 0.15) is 11.5 Å². The lowest BCUT2D eigenvalue weighted by Crippen LogP contribution is -2.38. The van der Waals surface area contributed by atoms with Crippen LogP contribution in [-0.2, 0) is 19.8 Å². The molecule has 25 heavy (non-hydrogen) atoms. The van der Waals surface area contributed by atoms with Gasteiger partial charge in [0, 0.05) is 32.4 Å². The number of furan rings is 1. The lowest BCUT2D eigenvalue weighted by Gasteiger charge is -2.16. The summed E-state index contributed by atoms with van der Waals surface area (Å²) in [5, 5.41) is 9.40. The lowest BCUT2D eigenvalue weighted by atomic mass is 10.2. The van der Waals surface area contributed by atoms with Gasteiger partial charge in [0.25, 0.3) is 0 Å². The number of aliphatic imine (C=N–C) groups is 1. The van der Waals surface area contributed by atoms with E-state index in [0.717, 1.165) is 10.4 Å². The summed E-state index contributed by atoms with van der Waals surface area (Å²) in [5.41, 5.74) is -0.850. The van der Waals surface area contributed by atoms with E-state index in [1.807, 2.05) is 26.0 Å². The van der Waals surface area contributed by atoms with Crippen LogP contribution in [0.1, 0.15) is 35.7 Å². The first kappa shape index (κ1) is 21.3. The molecule has 0 bridgehead atoms. The van der Waals surface area contributed by atoms with Crippen LogP contribution in [0.2, 0.25) is 0 Å². The van der Waals surface area contributed by atoms with Crippen LogP contribution in [-0.4, -0.2) is 22.8 Å². The van der Waals surface area contributed by atoms with Gasteiger partial charge in [0.05, 0.1) is 6.04 Å². The fraction of sp³-hybridized carbons (Fsp3) is 0.467. The second-order valence-corrected chi connectivity index (χ2v) is 5.41. The first-order valence-corrected chi connectivity index (χ1v) is 7.34. The molecule has 0 aliphatic heterocycles. The van der Waals surface area contributed by atoms with Crippen LogP contribution in [0.4, 0.5) is 13.2 Å². The smallest absolute Gasteiger partial charge is 0.435 e. The molecule has 10 heteroatoms. The summed E-state index contributed by atoms with van der Waals surface area (Å²) >= 11 is 0. The van der Waals surface area contributed by atoms with Crippen molar-refractivity contribution in [3.8, 4) is 0 Å². The highest BCUT2D eigenvalue weighted by Gasteiger charge is 2.36. The van der Waals surface area contributed by atoms with Gasteiger partial charge in [-0.2, -0.15) is 18.3 Å². The normalized spacial score (nSPS) is 13.3. The summed E-state index contributed by atoms with van der Waals surface area (Å²) in [5.74, 6) is 1.87. The van der Waals surface area contributed by atoms with Crippen LogP contribution in [0.5, 0.6) is 0 Å². The molecule has 0 aliphatic rings. The molecule has 2 aromatic rings. The third-order valence-corrected chi connectivity index (χ3v) is 3.38. The van der Waals surface area contributed by atoms with Crippen LogP contribution in [0.15, 0.2) is 27.7 Å². The summed E-state index contributed by atoms with van der Waals surface area (Å²) in [4.78, 5) is 4.02. The second-order valence-electron chi connectivity index (χ2n) is 5.41. The Morgan fingerprint density at radius 1 is 1.40 bits per heavy atom. The number of alkyl halides is 3. The van der Waals surface area contributed by atoms with E-state index < -0.39 is 11.9 Å². The van der Waals surface area contributed by atoms with Gasteiger partial charge in [-0.25, -0.2) is 0 Å². The molecule has 2 aromatic heterocycles. The van der Waals surface area contributed by atoms with E-state index in [1.54, 1.807) is 7.05 Å². The number of nitrogens with one attached hydrogen (secondary N) is 2. The van der Waals surface area contributed by atoms with E-state index in [-0.39, 0.29) is 42.1 Å². The van der Waals surface area contributed by atoms with E-state index in [0.29, 0.717) is 11.7 Å². The van der Waals surface area contributed by atoms with Crippen molar-refractivity contribution in [2.24, 2.45) is 12.0 Å². The van der Waals surface area contributed by atoms with Crippen molar-refractivity contribution < 1.29 is 17.6 Å². The third kappa shape index (κ3) is 5.65. The van der Waals surface area contributed by atoms with Crippen LogP contribution in [0, 0.1) is 6.92 Å². The molecule has 0 fully saturated rings. The Balaban J connectivity index is 0.00000312. The molecule has 2 heterocycles. The number of halogens is 4. The average molecular weight is 471 g/mol. The first-order chi connectivity index (χ1) is 11.2. The Bertz CT molecular complexity index is 723. The van der Waals surface area contributed by atoms with E-state index in [4.69, 9.17) is 4.42 Å². The summed E-state index contributed by atoms with van der Waals surface area (Å²) < 4.78 is 45.5. The van der Waals surface area contributed by atoms with Crippen LogP contribution in [0.25, 0.3) is 0 Å². The monoisotopic (exact) mass is 471 g/mol. The largest absolute Gasteiger partial charge is 0.464 e. The topological polar surface area (TPSA) is 67.4 Å². The van der Waals surface area contributed by atoms with Crippen LogP contribution in [0.3, 0.4) is 0 Å². The van der Waals surface area contributed by atoms with Crippen molar-refractivity contribution >= 4 is 29.9 Å². The maximum atomic E-state index is 12.9. The Hall–Kier alpha value is -1.72. The molecule has 1 unspecified atom stereocenters. The fourth-order valence-corrected chi connectivity index (χ4v) is 2.24. The maximum absolute atomic E-state index is 12.9. The van der Waals surface area contributed by atoms with Gasteiger partial charge in [-0.15, -0.1) is 24.0 Å². The highest BCUT2D eigenvalue weighted by molar-refractivity contribution is 14.0. The van der Waals surface area contributed by atoms with Crippen LogP contribution >= 0.6 is 24.0 Å². The molecular weight excluding hydrogens is 450 g/mol. The number of hydrogen-bond acceptors (Lipinski definition) is 3. The predicted molar refractivity (Wildman–Crippen MR) is 98.8 cm³/mol. The molecular formula is C15H21F3IN5O. The van der Waals surface area contributed by atoms with Gasteiger partial charge in [-0.05, 0) is 26.0 Å². The summed E-state index contributed by atoms with van der Waals surface area (Å²) in [6, 6.07) is 3.50. The van der Waals surface area contributed by atoms with E-state index in [1.165, 1.54) is 13.2 Å². The molecule has 0 aromatic carbocycles. The van der Waals surface area contributed by atoms with E-state index >= 15 is 0 Å². The lowest BCUT2D eigenvalue weighted by molar-refractivity contribution is -0.142. The molecule has 0 spiro atoms. The van der Waals surface area contributed by atoms with Gasteiger partial charge in [0.2, 0.25) is 0 Å². The molecule has 0 aliphatic carbocycles. The van der Waals surface area contributed by atoms with Gasteiger partial charge in [0.15, 0.2) is 11.7 Å². The molecule has 0 saturated carbocycles. The summed E-state index contributed by atoms with van der Waals surface area (Å²) in [7, 11) is 3.00. The van der Waals surface area contributed by atoms with Crippen molar-refractivity contribution in [3.63, 3.8) is 0 Å². The highest BCUT2D eigenvalue weighted by atomic mass is 127.